The summed E-state index contributed by atoms with van der Waals surface area (Å²) in [5.41, 5.74) is -1.09. The smallest absolute Gasteiger partial charge is 0.303 e. The number of hydrogen-bond donors (Lipinski definition) is 0. The Morgan fingerprint density at radius 1 is 0.792 bits per heavy atom. The Bertz CT molecular complexity index is 506. The third-order valence-corrected chi connectivity index (χ3v) is 3.33. The minimum absolute atomic E-state index is 0.273. The summed E-state index contributed by atoms with van der Waals surface area (Å²) in [5, 5.41) is 0. The maximum atomic E-state index is 11.4. The summed E-state index contributed by atoms with van der Waals surface area (Å²) >= 11 is 5.11. The van der Waals surface area contributed by atoms with Crippen LogP contribution in [0.25, 0.3) is 0 Å². The highest BCUT2D eigenvalue weighted by Crippen LogP contribution is 2.28. The number of esters is 4. The van der Waals surface area contributed by atoms with Crippen LogP contribution in [0.4, 0.5) is 0 Å². The predicted molar refractivity (Wildman–Crippen MR) is 79.3 cm³/mol. The molecule has 0 N–H and O–H groups in total. The maximum absolute atomic E-state index is 11.4. The van der Waals surface area contributed by atoms with Crippen molar-refractivity contribution >= 4 is 36.5 Å². The molecule has 0 unspecified atom stereocenters. The monoisotopic (exact) mass is 363 g/mol. The SMILES string of the molecule is CC(=O)OC[C@H]1O[C@@H]([S-])[C@H](OC(C)=O)[C@@H](OC(C)=O)[C@@H]1OC(C)=O. The van der Waals surface area contributed by atoms with Crippen molar-refractivity contribution in [2.75, 3.05) is 6.61 Å². The molecule has 1 aliphatic rings. The van der Waals surface area contributed by atoms with Gasteiger partial charge in [0.2, 0.25) is 0 Å². The lowest BCUT2D eigenvalue weighted by Gasteiger charge is -2.47. The maximum Gasteiger partial charge on any atom is 0.303 e. The van der Waals surface area contributed by atoms with E-state index in [1.165, 1.54) is 6.92 Å². The van der Waals surface area contributed by atoms with E-state index in [0.717, 1.165) is 20.8 Å². The molecule has 0 radical (unpaired) electrons. The first-order valence-electron chi connectivity index (χ1n) is 7.08. The van der Waals surface area contributed by atoms with Gasteiger partial charge < -0.3 is 36.3 Å². The van der Waals surface area contributed by atoms with Crippen LogP contribution in [0.3, 0.4) is 0 Å². The molecule has 5 atom stereocenters. The Morgan fingerprint density at radius 2 is 1.25 bits per heavy atom. The molecule has 0 bridgehead atoms. The van der Waals surface area contributed by atoms with E-state index in [1.54, 1.807) is 0 Å². The Kier molecular flexibility index (Phi) is 7.49. The molecule has 0 spiro atoms. The van der Waals surface area contributed by atoms with Gasteiger partial charge in [-0.3, -0.25) is 19.2 Å². The molecular weight excluding hydrogens is 344 g/mol. The zero-order valence-corrected chi connectivity index (χ0v) is 14.5. The zero-order chi connectivity index (χ0) is 18.4. The Balaban J connectivity index is 3.11. The third kappa shape index (κ3) is 6.00. The predicted octanol–water partition coefficient (Wildman–Crippen LogP) is -0.384. The fourth-order valence-corrected chi connectivity index (χ4v) is 2.54. The normalized spacial score (nSPS) is 29.3. The molecule has 9 nitrogen and oxygen atoms in total. The second-order valence-electron chi connectivity index (χ2n) is 5.07. The van der Waals surface area contributed by atoms with Gasteiger partial charge in [0.25, 0.3) is 0 Å². The van der Waals surface area contributed by atoms with Gasteiger partial charge in [0.15, 0.2) is 12.2 Å². The van der Waals surface area contributed by atoms with Crippen molar-refractivity contribution in [2.45, 2.75) is 57.5 Å². The van der Waals surface area contributed by atoms with Crippen molar-refractivity contribution in [1.82, 2.24) is 0 Å². The molecule has 0 saturated carbocycles. The average Bonchev–Trinajstić information content (AvgIpc) is 2.42. The van der Waals surface area contributed by atoms with Gasteiger partial charge in [-0.25, -0.2) is 0 Å². The summed E-state index contributed by atoms with van der Waals surface area (Å²) in [4.78, 5) is 45.0. The van der Waals surface area contributed by atoms with Crippen LogP contribution >= 0.6 is 0 Å². The van der Waals surface area contributed by atoms with E-state index in [4.69, 9.17) is 36.3 Å². The van der Waals surface area contributed by atoms with Crippen LogP contribution < -0.4 is 0 Å². The van der Waals surface area contributed by atoms with Crippen LogP contribution in [0.2, 0.25) is 0 Å². The van der Waals surface area contributed by atoms with E-state index in [-0.39, 0.29) is 6.61 Å². The van der Waals surface area contributed by atoms with Gasteiger partial charge in [0.05, 0.1) is 0 Å². The largest absolute Gasteiger partial charge is 0.757 e. The van der Waals surface area contributed by atoms with Gasteiger partial charge in [0.1, 0.15) is 18.8 Å². The highest BCUT2D eigenvalue weighted by molar-refractivity contribution is 7.59. The van der Waals surface area contributed by atoms with Crippen molar-refractivity contribution in [3.05, 3.63) is 0 Å². The molecule has 24 heavy (non-hydrogen) atoms. The minimum atomic E-state index is -1.19. The van der Waals surface area contributed by atoms with E-state index in [0.29, 0.717) is 0 Å². The van der Waals surface area contributed by atoms with Gasteiger partial charge in [-0.2, -0.15) is 0 Å². The summed E-state index contributed by atoms with van der Waals surface area (Å²) in [5.74, 6) is -2.62. The van der Waals surface area contributed by atoms with Gasteiger partial charge in [0, 0.05) is 27.7 Å². The van der Waals surface area contributed by atoms with Crippen LogP contribution in [-0.4, -0.2) is 60.3 Å². The van der Waals surface area contributed by atoms with Crippen molar-refractivity contribution in [1.29, 1.82) is 0 Å². The molecular formula is C14H19O9S-. The number of hydrogen-bond acceptors (Lipinski definition) is 10. The fourth-order valence-electron chi connectivity index (χ4n) is 2.19. The lowest BCUT2D eigenvalue weighted by molar-refractivity contribution is -0.237. The second kappa shape index (κ2) is 8.88. The number of carbonyl (C=O) groups excluding carboxylic acids is 4. The van der Waals surface area contributed by atoms with Crippen molar-refractivity contribution in [3.8, 4) is 0 Å². The van der Waals surface area contributed by atoms with E-state index >= 15 is 0 Å². The van der Waals surface area contributed by atoms with Crippen LogP contribution in [0.1, 0.15) is 27.7 Å². The van der Waals surface area contributed by atoms with E-state index < -0.39 is 53.7 Å². The number of rotatable bonds is 5. The summed E-state index contributed by atoms with van der Waals surface area (Å²) in [6, 6.07) is 0. The first-order chi connectivity index (χ1) is 11.1. The number of carbonyl (C=O) groups is 4. The summed E-state index contributed by atoms with van der Waals surface area (Å²) in [7, 11) is 0. The third-order valence-electron chi connectivity index (χ3n) is 2.95. The molecule has 0 aromatic carbocycles. The zero-order valence-electron chi connectivity index (χ0n) is 13.7. The molecule has 1 aliphatic heterocycles. The summed E-state index contributed by atoms with van der Waals surface area (Å²) in [6.07, 6.45) is -4.47. The molecule has 10 heteroatoms. The molecule has 1 saturated heterocycles. The highest BCUT2D eigenvalue weighted by Gasteiger charge is 2.48. The van der Waals surface area contributed by atoms with Gasteiger partial charge in [-0.1, -0.05) is 0 Å². The fraction of sp³-hybridized carbons (Fsp3) is 0.714. The van der Waals surface area contributed by atoms with Crippen molar-refractivity contribution < 1.29 is 42.9 Å². The standard InChI is InChI=1S/C14H20O9S/c1-6(15)19-5-10-11(20-7(2)16)12(21-8(3)17)13(14(24)23-10)22-9(4)18/h10-14,24H,5H2,1-4H3/p-1/t10-,11-,12+,13-,14+/m1/s1. The first kappa shape index (κ1) is 20.2. The molecule has 0 aromatic heterocycles. The topological polar surface area (TPSA) is 114 Å². The van der Waals surface area contributed by atoms with Gasteiger partial charge in [-0.15, -0.1) is 0 Å². The van der Waals surface area contributed by atoms with Crippen LogP contribution in [0.5, 0.6) is 0 Å². The van der Waals surface area contributed by atoms with Crippen LogP contribution in [-0.2, 0) is 55.5 Å². The average molecular weight is 363 g/mol. The van der Waals surface area contributed by atoms with E-state index in [9.17, 15) is 19.2 Å². The Morgan fingerprint density at radius 3 is 1.71 bits per heavy atom. The van der Waals surface area contributed by atoms with Gasteiger partial charge >= 0.3 is 23.9 Å². The molecule has 1 heterocycles. The van der Waals surface area contributed by atoms with Crippen LogP contribution in [0, 0.1) is 0 Å². The lowest BCUT2D eigenvalue weighted by atomic mass is 9.99. The Labute approximate surface area is 144 Å². The minimum Gasteiger partial charge on any atom is -0.757 e. The summed E-state index contributed by atoms with van der Waals surface area (Å²) in [6.45, 7) is 4.36. The molecule has 136 valence electrons. The number of ether oxygens (including phenoxy) is 5. The first-order valence-corrected chi connectivity index (χ1v) is 7.55. The van der Waals surface area contributed by atoms with Gasteiger partial charge in [-0.05, 0) is 5.44 Å². The van der Waals surface area contributed by atoms with Crippen LogP contribution in [0.15, 0.2) is 0 Å². The summed E-state index contributed by atoms with van der Waals surface area (Å²) < 4.78 is 25.7. The highest BCUT2D eigenvalue weighted by atomic mass is 32.1. The molecule has 1 rings (SSSR count). The molecule has 0 amide bonds. The molecule has 0 aromatic rings. The van der Waals surface area contributed by atoms with E-state index in [1.807, 2.05) is 0 Å². The van der Waals surface area contributed by atoms with Crippen molar-refractivity contribution in [3.63, 3.8) is 0 Å². The van der Waals surface area contributed by atoms with Crippen molar-refractivity contribution in [2.24, 2.45) is 0 Å². The quantitative estimate of drug-likeness (QED) is 0.363. The lowest BCUT2D eigenvalue weighted by Crippen LogP contribution is -2.61. The van der Waals surface area contributed by atoms with E-state index in [2.05, 4.69) is 0 Å². The Hall–Kier alpha value is -1.81. The molecule has 1 fully saturated rings. The second-order valence-corrected chi connectivity index (χ2v) is 5.53. The molecule has 0 aliphatic carbocycles.